The first-order valence-electron chi connectivity index (χ1n) is 7.66. The second-order valence-corrected chi connectivity index (χ2v) is 8.01. The molecular weight excluding hydrogens is 284 g/mol. The van der Waals surface area contributed by atoms with Crippen LogP contribution in [0, 0.1) is 19.8 Å². The summed E-state index contributed by atoms with van der Waals surface area (Å²) in [6.45, 7) is 6.38. The van der Waals surface area contributed by atoms with Crippen LogP contribution in [-0.2, 0) is 16.6 Å². The number of hydrogen-bond donors (Lipinski definition) is 2. The topological polar surface area (TPSA) is 72.2 Å². The minimum absolute atomic E-state index is 0.0632. The van der Waals surface area contributed by atoms with E-state index in [4.69, 9.17) is 5.73 Å². The standard InChI is InChI=1S/C16H26N2O2S/c1-11-4-6-15(7-5-11)18-21(19,20)16-9-14(10-17)12(2)8-13(16)3/h8-9,11,15,18H,4-7,10,17H2,1-3H3. The summed E-state index contributed by atoms with van der Waals surface area (Å²) >= 11 is 0. The molecule has 1 aromatic rings. The third-order valence-corrected chi connectivity index (χ3v) is 6.14. The molecule has 0 unspecified atom stereocenters. The molecule has 3 N–H and O–H groups in total. The van der Waals surface area contributed by atoms with E-state index in [1.54, 1.807) is 6.07 Å². The predicted molar refractivity (Wildman–Crippen MR) is 85.5 cm³/mol. The number of nitrogens with two attached hydrogens (primary N) is 1. The smallest absolute Gasteiger partial charge is 0.241 e. The molecule has 1 aromatic carbocycles. The first-order chi connectivity index (χ1) is 9.83. The van der Waals surface area contributed by atoms with Gasteiger partial charge in [-0.05, 0) is 68.2 Å². The van der Waals surface area contributed by atoms with Gasteiger partial charge in [-0.2, -0.15) is 0 Å². The maximum atomic E-state index is 12.6. The second kappa shape index (κ2) is 6.46. The van der Waals surface area contributed by atoms with Crippen LogP contribution in [0.25, 0.3) is 0 Å². The Kier molecular flexibility index (Phi) is 5.07. The normalized spacial score (nSPS) is 23.2. The van der Waals surface area contributed by atoms with Crippen molar-refractivity contribution in [1.82, 2.24) is 4.72 Å². The van der Waals surface area contributed by atoms with Gasteiger partial charge < -0.3 is 5.73 Å². The van der Waals surface area contributed by atoms with Crippen LogP contribution in [0.5, 0.6) is 0 Å². The minimum Gasteiger partial charge on any atom is -0.326 e. The van der Waals surface area contributed by atoms with Gasteiger partial charge in [-0.3, -0.25) is 0 Å². The molecular formula is C16H26N2O2S. The average Bonchev–Trinajstić information content (AvgIpc) is 2.41. The van der Waals surface area contributed by atoms with Crippen molar-refractivity contribution in [1.29, 1.82) is 0 Å². The molecule has 0 bridgehead atoms. The fourth-order valence-corrected chi connectivity index (χ4v) is 4.63. The van der Waals surface area contributed by atoms with Gasteiger partial charge >= 0.3 is 0 Å². The summed E-state index contributed by atoms with van der Waals surface area (Å²) in [5, 5.41) is 0. The van der Waals surface area contributed by atoms with Crippen LogP contribution in [0.2, 0.25) is 0 Å². The molecule has 1 fully saturated rings. The zero-order chi connectivity index (χ0) is 15.6. The summed E-state index contributed by atoms with van der Waals surface area (Å²) in [5.41, 5.74) is 8.41. The van der Waals surface area contributed by atoms with Crippen molar-refractivity contribution in [3.05, 3.63) is 28.8 Å². The zero-order valence-corrected chi connectivity index (χ0v) is 14.0. The second-order valence-electron chi connectivity index (χ2n) is 6.33. The van der Waals surface area contributed by atoms with Crippen molar-refractivity contribution in [2.24, 2.45) is 11.7 Å². The summed E-state index contributed by atoms with van der Waals surface area (Å²) in [6.07, 6.45) is 4.03. The van der Waals surface area contributed by atoms with Crippen molar-refractivity contribution < 1.29 is 8.42 Å². The molecule has 1 aliphatic carbocycles. The summed E-state index contributed by atoms with van der Waals surface area (Å²) in [4.78, 5) is 0.368. The zero-order valence-electron chi connectivity index (χ0n) is 13.1. The molecule has 1 aliphatic rings. The molecule has 0 radical (unpaired) electrons. The SMILES string of the molecule is Cc1cc(C)c(S(=O)(=O)NC2CCC(C)CC2)cc1CN. The highest BCUT2D eigenvalue weighted by molar-refractivity contribution is 7.89. The molecule has 5 heteroatoms. The average molecular weight is 310 g/mol. The Labute approximate surface area is 128 Å². The maximum Gasteiger partial charge on any atom is 0.241 e. The Bertz CT molecular complexity index is 603. The number of hydrogen-bond acceptors (Lipinski definition) is 3. The van der Waals surface area contributed by atoms with E-state index in [0.29, 0.717) is 17.4 Å². The summed E-state index contributed by atoms with van der Waals surface area (Å²) in [7, 11) is -3.46. The van der Waals surface area contributed by atoms with Crippen LogP contribution < -0.4 is 10.5 Å². The molecule has 0 saturated heterocycles. The van der Waals surface area contributed by atoms with Crippen molar-refractivity contribution in [2.45, 2.75) is 63.9 Å². The fourth-order valence-electron chi connectivity index (χ4n) is 3.04. The van der Waals surface area contributed by atoms with E-state index in [1.165, 1.54) is 0 Å². The lowest BCUT2D eigenvalue weighted by Crippen LogP contribution is -2.37. The number of nitrogens with one attached hydrogen (secondary N) is 1. The Hall–Kier alpha value is -0.910. The first-order valence-corrected chi connectivity index (χ1v) is 9.14. The quantitative estimate of drug-likeness (QED) is 0.898. The van der Waals surface area contributed by atoms with E-state index in [0.717, 1.165) is 42.4 Å². The van der Waals surface area contributed by atoms with Gasteiger partial charge in [0.15, 0.2) is 0 Å². The molecule has 0 aliphatic heterocycles. The van der Waals surface area contributed by atoms with Crippen LogP contribution in [0.4, 0.5) is 0 Å². The minimum atomic E-state index is -3.46. The Balaban J connectivity index is 2.23. The van der Waals surface area contributed by atoms with Gasteiger partial charge in [0.1, 0.15) is 0 Å². The van der Waals surface area contributed by atoms with Gasteiger partial charge in [0.2, 0.25) is 10.0 Å². The number of rotatable bonds is 4. The van der Waals surface area contributed by atoms with Gasteiger partial charge in [0.25, 0.3) is 0 Å². The Morgan fingerprint density at radius 2 is 1.76 bits per heavy atom. The first kappa shape index (κ1) is 16.5. The monoisotopic (exact) mass is 310 g/mol. The van der Waals surface area contributed by atoms with Crippen LogP contribution in [0.1, 0.15) is 49.3 Å². The lowest BCUT2D eigenvalue weighted by Gasteiger charge is -2.27. The summed E-state index contributed by atoms with van der Waals surface area (Å²) < 4.78 is 28.1. The highest BCUT2D eigenvalue weighted by atomic mass is 32.2. The van der Waals surface area contributed by atoms with E-state index in [2.05, 4.69) is 11.6 Å². The lowest BCUT2D eigenvalue weighted by molar-refractivity contribution is 0.332. The van der Waals surface area contributed by atoms with Crippen LogP contribution in [0.3, 0.4) is 0 Å². The molecule has 0 aromatic heterocycles. The van der Waals surface area contributed by atoms with Crippen molar-refractivity contribution in [3.63, 3.8) is 0 Å². The van der Waals surface area contributed by atoms with Crippen molar-refractivity contribution >= 4 is 10.0 Å². The van der Waals surface area contributed by atoms with E-state index in [9.17, 15) is 8.42 Å². The van der Waals surface area contributed by atoms with Gasteiger partial charge in [-0.25, -0.2) is 13.1 Å². The van der Waals surface area contributed by atoms with Gasteiger partial charge in [-0.15, -0.1) is 0 Å². The van der Waals surface area contributed by atoms with Crippen LogP contribution in [-0.4, -0.2) is 14.5 Å². The Morgan fingerprint density at radius 1 is 1.14 bits per heavy atom. The molecule has 1 saturated carbocycles. The summed E-state index contributed by atoms with van der Waals surface area (Å²) in [5.74, 6) is 0.704. The summed E-state index contributed by atoms with van der Waals surface area (Å²) in [6, 6.07) is 3.69. The molecule has 118 valence electrons. The van der Waals surface area contributed by atoms with E-state index in [-0.39, 0.29) is 6.04 Å². The molecule has 21 heavy (non-hydrogen) atoms. The van der Waals surface area contributed by atoms with Crippen molar-refractivity contribution in [2.75, 3.05) is 0 Å². The van der Waals surface area contributed by atoms with E-state index >= 15 is 0 Å². The van der Waals surface area contributed by atoms with E-state index in [1.807, 2.05) is 19.9 Å². The van der Waals surface area contributed by atoms with Gasteiger partial charge in [-0.1, -0.05) is 13.0 Å². The highest BCUT2D eigenvalue weighted by Crippen LogP contribution is 2.26. The van der Waals surface area contributed by atoms with E-state index < -0.39 is 10.0 Å². The number of aryl methyl sites for hydroxylation is 2. The molecule has 0 spiro atoms. The molecule has 0 heterocycles. The van der Waals surface area contributed by atoms with Gasteiger partial charge in [0.05, 0.1) is 4.90 Å². The number of benzene rings is 1. The molecule has 0 amide bonds. The van der Waals surface area contributed by atoms with Crippen LogP contribution in [0.15, 0.2) is 17.0 Å². The third kappa shape index (κ3) is 3.84. The fraction of sp³-hybridized carbons (Fsp3) is 0.625. The number of sulfonamides is 1. The largest absolute Gasteiger partial charge is 0.326 e. The molecule has 2 rings (SSSR count). The maximum absolute atomic E-state index is 12.6. The predicted octanol–water partition coefficient (Wildman–Crippen LogP) is 2.62. The van der Waals surface area contributed by atoms with Crippen molar-refractivity contribution in [3.8, 4) is 0 Å². The molecule has 0 atom stereocenters. The highest BCUT2D eigenvalue weighted by Gasteiger charge is 2.25. The Morgan fingerprint density at radius 3 is 2.33 bits per heavy atom. The third-order valence-electron chi connectivity index (χ3n) is 4.48. The van der Waals surface area contributed by atoms with Crippen LogP contribution >= 0.6 is 0 Å². The molecule has 4 nitrogen and oxygen atoms in total. The van der Waals surface area contributed by atoms with Gasteiger partial charge in [0, 0.05) is 12.6 Å². The lowest BCUT2D eigenvalue weighted by atomic mass is 9.88.